The molecule has 1 saturated heterocycles. The zero-order chi connectivity index (χ0) is 13.0. The van der Waals surface area contributed by atoms with E-state index in [1.54, 1.807) is 24.3 Å². The Kier molecular flexibility index (Phi) is 3.60. The quantitative estimate of drug-likeness (QED) is 0.825. The summed E-state index contributed by atoms with van der Waals surface area (Å²) in [5.74, 6) is -0.187. The minimum Gasteiger partial charge on any atom is -0.363 e. The minimum absolute atomic E-state index is 0.0399. The van der Waals surface area contributed by atoms with Gasteiger partial charge in [0.25, 0.3) is 0 Å². The topological polar surface area (TPSA) is 74.1 Å². The van der Waals surface area contributed by atoms with Gasteiger partial charge in [-0.15, -0.1) is 0 Å². The number of nitriles is 1. The Labute approximate surface area is 106 Å². The van der Waals surface area contributed by atoms with Gasteiger partial charge in [0.15, 0.2) is 0 Å². The Morgan fingerprint density at radius 2 is 2.17 bits per heavy atom. The van der Waals surface area contributed by atoms with Gasteiger partial charge in [-0.25, -0.2) is 0 Å². The van der Waals surface area contributed by atoms with Crippen molar-refractivity contribution in [2.45, 2.75) is 12.5 Å². The molecule has 94 valence electrons. The Morgan fingerprint density at radius 3 is 2.67 bits per heavy atom. The summed E-state index contributed by atoms with van der Waals surface area (Å²) in [4.78, 5) is 11.6. The lowest BCUT2D eigenvalue weighted by Crippen LogP contribution is -2.59. The van der Waals surface area contributed by atoms with Gasteiger partial charge in [0.05, 0.1) is 17.2 Å². The molecule has 1 aromatic rings. The molecule has 2 N–H and O–H groups in total. The second-order valence-corrected chi connectivity index (χ2v) is 4.58. The number of rotatable bonds is 4. The normalized spacial score (nSPS) is 16.4. The number of carbonyl (C=O) groups excluding carboxylic acids is 1. The van der Waals surface area contributed by atoms with Crippen molar-refractivity contribution in [1.29, 1.82) is 5.26 Å². The Bertz CT molecular complexity index is 472. The van der Waals surface area contributed by atoms with Gasteiger partial charge in [0.1, 0.15) is 6.61 Å². The highest BCUT2D eigenvalue weighted by atomic mass is 16.5. The Hall–Kier alpha value is -1.90. The third-order valence-corrected chi connectivity index (χ3v) is 2.85. The summed E-state index contributed by atoms with van der Waals surface area (Å²) < 4.78 is 5.52. The van der Waals surface area contributed by atoms with Gasteiger partial charge in [0.2, 0.25) is 5.91 Å². The molecule has 5 nitrogen and oxygen atoms in total. The van der Waals surface area contributed by atoms with Crippen molar-refractivity contribution in [3.63, 3.8) is 0 Å². The number of anilines is 1. The fraction of sp³-hybridized carbons (Fsp3) is 0.385. The molecule has 5 heteroatoms. The SMILES string of the molecule is CC1(OCC(=O)Nc2ccc(C#N)cc2)CNC1. The summed E-state index contributed by atoms with van der Waals surface area (Å²) in [6.45, 7) is 3.56. The molecule has 1 fully saturated rings. The molecule has 2 rings (SSSR count). The average Bonchev–Trinajstić information content (AvgIpc) is 2.35. The summed E-state index contributed by atoms with van der Waals surface area (Å²) in [5.41, 5.74) is 1.01. The second-order valence-electron chi connectivity index (χ2n) is 4.58. The first-order valence-corrected chi connectivity index (χ1v) is 5.76. The summed E-state index contributed by atoms with van der Waals surface area (Å²) >= 11 is 0. The number of benzene rings is 1. The largest absolute Gasteiger partial charge is 0.363 e. The fourth-order valence-corrected chi connectivity index (χ4v) is 1.64. The summed E-state index contributed by atoms with van der Waals surface area (Å²) in [6, 6.07) is 8.74. The van der Waals surface area contributed by atoms with Crippen LogP contribution in [0.3, 0.4) is 0 Å². The number of hydrogen-bond acceptors (Lipinski definition) is 4. The summed E-state index contributed by atoms with van der Waals surface area (Å²) in [6.07, 6.45) is 0. The lowest BCUT2D eigenvalue weighted by Gasteiger charge is -2.38. The zero-order valence-electron chi connectivity index (χ0n) is 10.2. The molecular formula is C13H15N3O2. The van der Waals surface area contributed by atoms with E-state index in [9.17, 15) is 4.79 Å². The molecule has 0 bridgehead atoms. The van der Waals surface area contributed by atoms with Crippen LogP contribution in [-0.2, 0) is 9.53 Å². The van der Waals surface area contributed by atoms with Gasteiger partial charge in [0, 0.05) is 18.8 Å². The van der Waals surface area contributed by atoms with Crippen molar-refractivity contribution in [3.8, 4) is 6.07 Å². The van der Waals surface area contributed by atoms with E-state index in [0.717, 1.165) is 13.1 Å². The van der Waals surface area contributed by atoms with Gasteiger partial charge in [-0.05, 0) is 31.2 Å². The maximum atomic E-state index is 11.6. The van der Waals surface area contributed by atoms with Crippen molar-refractivity contribution in [3.05, 3.63) is 29.8 Å². The first-order chi connectivity index (χ1) is 8.61. The Balaban J connectivity index is 1.81. The number of nitrogens with zero attached hydrogens (tertiary/aromatic N) is 1. The van der Waals surface area contributed by atoms with Crippen LogP contribution < -0.4 is 10.6 Å². The lowest BCUT2D eigenvalue weighted by atomic mass is 10.0. The first-order valence-electron chi connectivity index (χ1n) is 5.76. The molecule has 18 heavy (non-hydrogen) atoms. The van der Waals surface area contributed by atoms with Crippen molar-refractivity contribution < 1.29 is 9.53 Å². The van der Waals surface area contributed by atoms with Gasteiger partial charge in [-0.2, -0.15) is 5.26 Å². The molecule has 0 atom stereocenters. The van der Waals surface area contributed by atoms with E-state index >= 15 is 0 Å². The predicted molar refractivity (Wildman–Crippen MR) is 67.0 cm³/mol. The molecule has 0 spiro atoms. The van der Waals surface area contributed by atoms with Crippen LogP contribution in [-0.4, -0.2) is 31.2 Å². The molecule has 1 aliphatic heterocycles. The van der Waals surface area contributed by atoms with Gasteiger partial charge >= 0.3 is 0 Å². The molecule has 1 amide bonds. The maximum absolute atomic E-state index is 11.6. The third kappa shape index (κ3) is 3.06. The smallest absolute Gasteiger partial charge is 0.250 e. The second kappa shape index (κ2) is 5.17. The number of ether oxygens (including phenoxy) is 1. The molecular weight excluding hydrogens is 230 g/mol. The molecule has 0 saturated carbocycles. The number of amides is 1. The van der Waals surface area contributed by atoms with Crippen LogP contribution in [0.5, 0.6) is 0 Å². The van der Waals surface area contributed by atoms with Crippen LogP contribution in [0.15, 0.2) is 24.3 Å². The van der Waals surface area contributed by atoms with E-state index in [2.05, 4.69) is 10.6 Å². The Morgan fingerprint density at radius 1 is 1.50 bits per heavy atom. The molecule has 0 radical (unpaired) electrons. The fourth-order valence-electron chi connectivity index (χ4n) is 1.64. The highest BCUT2D eigenvalue weighted by Crippen LogP contribution is 2.15. The van der Waals surface area contributed by atoms with Crippen LogP contribution in [0.2, 0.25) is 0 Å². The van der Waals surface area contributed by atoms with Crippen LogP contribution in [0.25, 0.3) is 0 Å². The molecule has 1 aromatic carbocycles. The maximum Gasteiger partial charge on any atom is 0.250 e. The van der Waals surface area contributed by atoms with Gasteiger partial charge < -0.3 is 15.4 Å². The van der Waals surface area contributed by atoms with E-state index in [1.165, 1.54) is 0 Å². The molecule has 0 aliphatic carbocycles. The van der Waals surface area contributed by atoms with E-state index in [4.69, 9.17) is 10.00 Å². The highest BCUT2D eigenvalue weighted by molar-refractivity contribution is 5.91. The average molecular weight is 245 g/mol. The van der Waals surface area contributed by atoms with Crippen LogP contribution in [0.1, 0.15) is 12.5 Å². The highest BCUT2D eigenvalue weighted by Gasteiger charge is 2.32. The van der Waals surface area contributed by atoms with Crippen molar-refractivity contribution in [2.75, 3.05) is 25.0 Å². The number of carbonyl (C=O) groups is 1. The number of hydrogen-bond donors (Lipinski definition) is 2. The van der Waals surface area contributed by atoms with Crippen molar-refractivity contribution >= 4 is 11.6 Å². The lowest BCUT2D eigenvalue weighted by molar-refractivity contribution is -0.130. The molecule has 0 aromatic heterocycles. The van der Waals surface area contributed by atoms with E-state index in [0.29, 0.717) is 11.3 Å². The van der Waals surface area contributed by atoms with Crippen molar-refractivity contribution in [2.24, 2.45) is 0 Å². The van der Waals surface area contributed by atoms with E-state index < -0.39 is 0 Å². The predicted octanol–water partition coefficient (Wildman–Crippen LogP) is 0.875. The van der Waals surface area contributed by atoms with E-state index in [1.807, 2.05) is 13.0 Å². The van der Waals surface area contributed by atoms with E-state index in [-0.39, 0.29) is 18.1 Å². The van der Waals surface area contributed by atoms with Gasteiger partial charge in [-0.3, -0.25) is 4.79 Å². The minimum atomic E-state index is -0.220. The standard InChI is InChI=1S/C13H15N3O2/c1-13(8-15-9-13)18-7-12(17)16-11-4-2-10(6-14)3-5-11/h2-5,15H,7-9H2,1H3,(H,16,17). The first kappa shape index (κ1) is 12.6. The van der Waals surface area contributed by atoms with Gasteiger partial charge in [-0.1, -0.05) is 0 Å². The zero-order valence-corrected chi connectivity index (χ0v) is 10.2. The summed E-state index contributed by atoms with van der Waals surface area (Å²) in [7, 11) is 0. The molecule has 0 unspecified atom stereocenters. The number of nitrogens with one attached hydrogen (secondary N) is 2. The molecule has 1 aliphatic rings. The third-order valence-electron chi connectivity index (χ3n) is 2.85. The van der Waals surface area contributed by atoms with Crippen LogP contribution in [0.4, 0.5) is 5.69 Å². The molecule has 1 heterocycles. The monoisotopic (exact) mass is 245 g/mol. The van der Waals surface area contributed by atoms with Crippen LogP contribution >= 0.6 is 0 Å². The summed E-state index contributed by atoms with van der Waals surface area (Å²) in [5, 5.41) is 14.5. The van der Waals surface area contributed by atoms with Crippen molar-refractivity contribution in [1.82, 2.24) is 5.32 Å². The van der Waals surface area contributed by atoms with Crippen LogP contribution in [0, 0.1) is 11.3 Å².